The third kappa shape index (κ3) is 5.71. The molecule has 0 amide bonds. The summed E-state index contributed by atoms with van der Waals surface area (Å²) in [6.07, 6.45) is 8.90. The van der Waals surface area contributed by atoms with Crippen LogP contribution >= 0.6 is 0 Å². The normalized spacial score (nSPS) is 16.7. The first-order chi connectivity index (χ1) is 12.3. The lowest BCUT2D eigenvalue weighted by Gasteiger charge is -2.24. The van der Waals surface area contributed by atoms with Crippen LogP contribution in [-0.2, 0) is 9.59 Å². The van der Waals surface area contributed by atoms with Gasteiger partial charge in [0.25, 0.3) is 0 Å². The van der Waals surface area contributed by atoms with E-state index >= 15 is 0 Å². The molecular formula is C20H31N3O3. The Morgan fingerprint density at radius 2 is 2.04 bits per heavy atom. The van der Waals surface area contributed by atoms with Crippen molar-refractivity contribution in [2.45, 2.75) is 58.8 Å². The highest BCUT2D eigenvalue weighted by atomic mass is 16.4. The predicted octanol–water partition coefficient (Wildman–Crippen LogP) is 3.90. The highest BCUT2D eigenvalue weighted by molar-refractivity contribution is 5.78. The molecule has 1 aromatic rings. The van der Waals surface area contributed by atoms with Crippen LogP contribution in [0.4, 0.5) is 11.5 Å². The van der Waals surface area contributed by atoms with E-state index in [1.54, 1.807) is 13.1 Å². The number of rotatable bonds is 9. The molecule has 1 fully saturated rings. The summed E-state index contributed by atoms with van der Waals surface area (Å²) in [7, 11) is 0. The summed E-state index contributed by atoms with van der Waals surface area (Å²) in [6, 6.07) is 1.83. The van der Waals surface area contributed by atoms with Gasteiger partial charge in [-0.05, 0) is 31.7 Å². The fourth-order valence-electron chi connectivity index (χ4n) is 3.19. The van der Waals surface area contributed by atoms with Crippen LogP contribution in [0.15, 0.2) is 12.3 Å². The zero-order chi connectivity index (χ0) is 19.2. The molecule has 0 aromatic carbocycles. The Balaban J connectivity index is 2.12. The number of carboxylic acid groups (broad SMARTS) is 1. The summed E-state index contributed by atoms with van der Waals surface area (Å²) in [5, 5.41) is 16.0. The Morgan fingerprint density at radius 3 is 2.65 bits per heavy atom. The summed E-state index contributed by atoms with van der Waals surface area (Å²) in [6.45, 7) is 6.66. The predicted molar refractivity (Wildman–Crippen MR) is 104 cm³/mol. The zero-order valence-electron chi connectivity index (χ0n) is 16.0. The molecule has 2 rings (SSSR count). The second kappa shape index (κ2) is 9.01. The largest absolute Gasteiger partial charge is 0.481 e. The first kappa shape index (κ1) is 20.2. The maximum atomic E-state index is 11.5. The average Bonchev–Trinajstić information content (AvgIpc) is 2.65. The Morgan fingerprint density at radius 1 is 1.35 bits per heavy atom. The number of carboxylic acids is 1. The molecule has 6 heteroatoms. The number of carbonyl (C=O) groups is 2. The lowest BCUT2D eigenvalue weighted by molar-refractivity contribution is -0.138. The van der Waals surface area contributed by atoms with Crippen molar-refractivity contribution in [3.05, 3.63) is 17.8 Å². The molecule has 1 aromatic heterocycles. The topological polar surface area (TPSA) is 91.3 Å². The number of nitrogens with one attached hydrogen (secondary N) is 2. The number of carbonyl (C=O) groups excluding carboxylic acids is 1. The van der Waals surface area contributed by atoms with Gasteiger partial charge in [0, 0.05) is 24.1 Å². The van der Waals surface area contributed by atoms with Gasteiger partial charge in [0.15, 0.2) is 0 Å². The van der Waals surface area contributed by atoms with Gasteiger partial charge in [-0.25, -0.2) is 4.98 Å². The van der Waals surface area contributed by atoms with Crippen molar-refractivity contribution in [1.29, 1.82) is 0 Å². The van der Waals surface area contributed by atoms with Crippen molar-refractivity contribution in [2.75, 3.05) is 23.7 Å². The minimum Gasteiger partial charge on any atom is -0.481 e. The Bertz CT molecular complexity index is 625. The summed E-state index contributed by atoms with van der Waals surface area (Å²) < 4.78 is 0. The first-order valence-electron chi connectivity index (χ1n) is 9.49. The monoisotopic (exact) mass is 361 g/mol. The number of aldehydes is 1. The van der Waals surface area contributed by atoms with Crippen LogP contribution in [0, 0.1) is 11.3 Å². The van der Waals surface area contributed by atoms with Crippen LogP contribution in [0.1, 0.15) is 64.4 Å². The second-order valence-corrected chi connectivity index (χ2v) is 8.07. The highest BCUT2D eigenvalue weighted by Crippen LogP contribution is 2.28. The molecule has 0 saturated heterocycles. The molecule has 0 bridgehead atoms. The van der Waals surface area contributed by atoms with Gasteiger partial charge >= 0.3 is 5.97 Å². The van der Waals surface area contributed by atoms with E-state index in [2.05, 4.69) is 15.6 Å². The molecule has 1 heterocycles. The molecule has 6 nitrogen and oxygen atoms in total. The molecule has 3 N–H and O–H groups in total. The SMILES string of the molecule is CC(C(=O)O)c1cc(NCC(C)(C)C=O)cnc1NCC1CCCCC1. The average molecular weight is 361 g/mol. The van der Waals surface area contributed by atoms with Crippen molar-refractivity contribution in [1.82, 2.24) is 4.98 Å². The fourth-order valence-corrected chi connectivity index (χ4v) is 3.19. The maximum Gasteiger partial charge on any atom is 0.310 e. The lowest BCUT2D eigenvalue weighted by atomic mass is 9.89. The molecule has 0 aliphatic heterocycles. The summed E-state index contributed by atoms with van der Waals surface area (Å²) in [5.74, 6) is -0.259. The number of nitrogens with zero attached hydrogens (tertiary/aromatic N) is 1. The highest BCUT2D eigenvalue weighted by Gasteiger charge is 2.22. The standard InChI is InChI=1S/C20H31N3O3/c1-14(19(25)26)17-9-16(23-12-20(2,3)13-24)11-22-18(17)21-10-15-7-5-4-6-8-15/h9,11,13-15,23H,4-8,10,12H2,1-3H3,(H,21,22)(H,25,26). The third-order valence-corrected chi connectivity index (χ3v) is 5.10. The van der Waals surface area contributed by atoms with Crippen molar-refractivity contribution in [3.8, 4) is 0 Å². The van der Waals surface area contributed by atoms with Crippen LogP contribution < -0.4 is 10.6 Å². The van der Waals surface area contributed by atoms with Gasteiger partial charge in [0.05, 0.1) is 17.8 Å². The van der Waals surface area contributed by atoms with E-state index < -0.39 is 17.3 Å². The number of aliphatic carboxylic acids is 1. The molecule has 144 valence electrons. The number of aromatic nitrogens is 1. The van der Waals surface area contributed by atoms with E-state index in [0.717, 1.165) is 18.5 Å². The minimum atomic E-state index is -0.877. The fraction of sp³-hybridized carbons (Fsp3) is 0.650. The molecule has 1 aliphatic carbocycles. The first-order valence-corrected chi connectivity index (χ1v) is 9.49. The van der Waals surface area contributed by atoms with Gasteiger partial charge in [0.1, 0.15) is 12.1 Å². The molecule has 1 saturated carbocycles. The molecule has 0 spiro atoms. The van der Waals surface area contributed by atoms with Crippen molar-refractivity contribution in [3.63, 3.8) is 0 Å². The molecular weight excluding hydrogens is 330 g/mol. The molecule has 1 atom stereocenters. The van der Waals surface area contributed by atoms with Gasteiger partial charge in [-0.2, -0.15) is 0 Å². The van der Waals surface area contributed by atoms with E-state index in [0.29, 0.717) is 23.8 Å². The smallest absolute Gasteiger partial charge is 0.310 e. The number of hydrogen-bond acceptors (Lipinski definition) is 5. The van der Waals surface area contributed by atoms with Gasteiger partial charge < -0.3 is 20.5 Å². The van der Waals surface area contributed by atoms with E-state index in [4.69, 9.17) is 0 Å². The summed E-state index contributed by atoms with van der Waals surface area (Å²) >= 11 is 0. The van der Waals surface area contributed by atoms with Crippen LogP contribution in [0.5, 0.6) is 0 Å². The second-order valence-electron chi connectivity index (χ2n) is 8.07. The van der Waals surface area contributed by atoms with Gasteiger partial charge in [0.2, 0.25) is 0 Å². The summed E-state index contributed by atoms with van der Waals surface area (Å²) in [5.41, 5.74) is 0.907. The quantitative estimate of drug-likeness (QED) is 0.578. The Kier molecular flexibility index (Phi) is 7.00. The van der Waals surface area contributed by atoms with Crippen LogP contribution in [0.3, 0.4) is 0 Å². The van der Waals surface area contributed by atoms with Crippen LogP contribution in [0.25, 0.3) is 0 Å². The number of anilines is 2. The van der Waals surface area contributed by atoms with Crippen LogP contribution in [-0.4, -0.2) is 35.4 Å². The van der Waals surface area contributed by atoms with E-state index in [1.165, 1.54) is 32.1 Å². The van der Waals surface area contributed by atoms with Crippen molar-refractivity contribution >= 4 is 23.8 Å². The lowest BCUT2D eigenvalue weighted by Crippen LogP contribution is -2.25. The molecule has 26 heavy (non-hydrogen) atoms. The van der Waals surface area contributed by atoms with Gasteiger partial charge in [-0.1, -0.05) is 33.1 Å². The van der Waals surface area contributed by atoms with Crippen molar-refractivity contribution in [2.24, 2.45) is 11.3 Å². The molecule has 1 unspecified atom stereocenters. The zero-order valence-corrected chi connectivity index (χ0v) is 16.0. The van der Waals surface area contributed by atoms with Gasteiger partial charge in [-0.15, -0.1) is 0 Å². The van der Waals surface area contributed by atoms with E-state index in [1.807, 2.05) is 19.9 Å². The molecule has 1 aliphatic rings. The Hall–Kier alpha value is -2.11. The van der Waals surface area contributed by atoms with E-state index in [-0.39, 0.29) is 0 Å². The Labute approximate surface area is 155 Å². The third-order valence-electron chi connectivity index (χ3n) is 5.10. The van der Waals surface area contributed by atoms with Crippen molar-refractivity contribution < 1.29 is 14.7 Å². The van der Waals surface area contributed by atoms with Crippen LogP contribution in [0.2, 0.25) is 0 Å². The minimum absolute atomic E-state index is 0.466. The number of hydrogen-bond donors (Lipinski definition) is 3. The molecule has 0 radical (unpaired) electrons. The maximum absolute atomic E-state index is 11.5. The summed E-state index contributed by atoms with van der Waals surface area (Å²) in [4.78, 5) is 27.0. The van der Waals surface area contributed by atoms with Gasteiger partial charge in [-0.3, -0.25) is 4.79 Å². The number of pyridine rings is 1. The van der Waals surface area contributed by atoms with E-state index in [9.17, 15) is 14.7 Å².